The van der Waals surface area contributed by atoms with Crippen molar-refractivity contribution in [3.05, 3.63) is 119 Å². The maximum Gasteiger partial charge on any atom is 0.416 e. The first-order chi connectivity index (χ1) is 21.1. The number of hydrogen-bond donors (Lipinski definition) is 2. The molecule has 1 aliphatic rings. The summed E-state index contributed by atoms with van der Waals surface area (Å²) in [6, 6.07) is 19.8. The van der Waals surface area contributed by atoms with Gasteiger partial charge in [0.25, 0.3) is 0 Å². The monoisotopic (exact) mass is 605 g/mol. The van der Waals surface area contributed by atoms with Crippen LogP contribution in [-0.2, 0) is 17.5 Å². The number of alkyl halides is 3. The van der Waals surface area contributed by atoms with E-state index in [-0.39, 0.29) is 17.6 Å². The Morgan fingerprint density at radius 2 is 1.77 bits per heavy atom. The number of methoxy groups -OCH3 is 1. The minimum Gasteiger partial charge on any atom is -0.465 e. The number of halogens is 3. The van der Waals surface area contributed by atoms with Crippen molar-refractivity contribution in [2.24, 2.45) is 0 Å². The molecule has 0 radical (unpaired) electrons. The number of urea groups is 1. The van der Waals surface area contributed by atoms with Gasteiger partial charge < -0.3 is 19.9 Å². The van der Waals surface area contributed by atoms with Crippen molar-refractivity contribution < 1.29 is 27.5 Å². The average Bonchev–Trinajstić information content (AvgIpc) is 3.55. The molecular weight excluding hydrogens is 571 g/mol. The highest BCUT2D eigenvalue weighted by Crippen LogP contribution is 2.37. The largest absolute Gasteiger partial charge is 0.465 e. The van der Waals surface area contributed by atoms with Crippen LogP contribution in [0.15, 0.2) is 85.3 Å². The van der Waals surface area contributed by atoms with Gasteiger partial charge in [-0.3, -0.25) is 4.90 Å². The van der Waals surface area contributed by atoms with Gasteiger partial charge in [0.1, 0.15) is 0 Å². The second-order valence-corrected chi connectivity index (χ2v) is 10.9. The molecule has 0 spiro atoms. The summed E-state index contributed by atoms with van der Waals surface area (Å²) in [5.74, 6) is -0.464. The Kier molecular flexibility index (Phi) is 9.34. The fourth-order valence-corrected chi connectivity index (χ4v) is 5.72. The topological polar surface area (TPSA) is 90.6 Å². The van der Waals surface area contributed by atoms with Crippen LogP contribution >= 0.6 is 0 Å². The number of amides is 2. The van der Waals surface area contributed by atoms with Crippen LogP contribution in [0.1, 0.15) is 57.2 Å². The van der Waals surface area contributed by atoms with Gasteiger partial charge in [0.2, 0.25) is 0 Å². The summed E-state index contributed by atoms with van der Waals surface area (Å²) in [4.78, 5) is 36.6. The van der Waals surface area contributed by atoms with E-state index in [0.29, 0.717) is 55.0 Å². The number of rotatable bonds is 8. The Morgan fingerprint density at radius 3 is 2.39 bits per heavy atom. The first-order valence-corrected chi connectivity index (χ1v) is 14.3. The number of carbonyl (C=O) groups is 2. The highest BCUT2D eigenvalue weighted by molar-refractivity contribution is 5.92. The van der Waals surface area contributed by atoms with Gasteiger partial charge in [-0.25, -0.2) is 14.6 Å². The van der Waals surface area contributed by atoms with Gasteiger partial charge in [-0.05, 0) is 66.8 Å². The number of carbonyl (C=O) groups excluding carboxylic acids is 2. The van der Waals surface area contributed by atoms with Crippen molar-refractivity contribution in [3.8, 4) is 0 Å². The van der Waals surface area contributed by atoms with Crippen molar-refractivity contribution in [1.29, 1.82) is 0 Å². The number of aryl methyl sites for hydroxylation is 1. The smallest absolute Gasteiger partial charge is 0.416 e. The van der Waals surface area contributed by atoms with E-state index < -0.39 is 23.8 Å². The van der Waals surface area contributed by atoms with E-state index in [9.17, 15) is 22.8 Å². The summed E-state index contributed by atoms with van der Waals surface area (Å²) in [6.07, 6.45) is -0.0625. The number of piperidine rings is 1. The molecule has 4 aromatic rings. The lowest BCUT2D eigenvalue weighted by molar-refractivity contribution is -0.138. The summed E-state index contributed by atoms with van der Waals surface area (Å²) in [6.45, 7) is 2.95. The summed E-state index contributed by atoms with van der Waals surface area (Å²) < 4.78 is 46.2. The molecule has 2 heterocycles. The lowest BCUT2D eigenvalue weighted by Crippen LogP contribution is -2.49. The first-order valence-electron chi connectivity index (χ1n) is 14.3. The van der Waals surface area contributed by atoms with E-state index in [1.165, 1.54) is 32.5 Å². The predicted molar refractivity (Wildman–Crippen MR) is 160 cm³/mol. The highest BCUT2D eigenvalue weighted by Gasteiger charge is 2.36. The van der Waals surface area contributed by atoms with Gasteiger partial charge >= 0.3 is 18.2 Å². The molecule has 1 saturated heterocycles. The van der Waals surface area contributed by atoms with Gasteiger partial charge in [-0.15, -0.1) is 0 Å². The molecular formula is C33H34F3N5O3. The molecule has 1 aromatic heterocycles. The fraction of sp³-hybridized carbons (Fsp3) is 0.303. The maximum absolute atomic E-state index is 13.8. The van der Waals surface area contributed by atoms with Crippen molar-refractivity contribution in [3.63, 3.8) is 0 Å². The van der Waals surface area contributed by atoms with E-state index in [1.807, 2.05) is 30.3 Å². The second-order valence-electron chi connectivity index (χ2n) is 10.9. The Morgan fingerprint density at radius 1 is 1.07 bits per heavy atom. The molecule has 44 heavy (non-hydrogen) atoms. The van der Waals surface area contributed by atoms with Gasteiger partial charge in [0.05, 0.1) is 36.3 Å². The van der Waals surface area contributed by atoms with Crippen LogP contribution in [0.5, 0.6) is 0 Å². The molecule has 2 amide bonds. The zero-order chi connectivity index (χ0) is 31.3. The number of anilines is 1. The minimum absolute atomic E-state index is 0.119. The van der Waals surface area contributed by atoms with Crippen LogP contribution in [0.4, 0.5) is 23.7 Å². The highest BCUT2D eigenvalue weighted by atomic mass is 19.4. The summed E-state index contributed by atoms with van der Waals surface area (Å²) in [7, 11) is 1.31. The molecule has 1 atom stereocenters. The molecule has 3 aromatic carbocycles. The zero-order valence-corrected chi connectivity index (χ0v) is 24.5. The van der Waals surface area contributed by atoms with Crippen molar-refractivity contribution in [1.82, 2.24) is 19.8 Å². The SMILES string of the molecule is COC(=O)c1ccc(NC(=O)N(Cc2ccccc2)C2CCN(C(c3ccc(C)c(C(F)(F)F)c3)c3cnc[nH]3)CC2)cc1. The van der Waals surface area contributed by atoms with Crippen LogP contribution in [0.2, 0.25) is 0 Å². The molecule has 1 unspecified atom stereocenters. The molecule has 230 valence electrons. The Hall–Kier alpha value is -4.64. The lowest BCUT2D eigenvalue weighted by atomic mass is 9.94. The molecule has 11 heteroatoms. The molecule has 1 aliphatic heterocycles. The molecule has 0 aliphatic carbocycles. The number of likely N-dealkylation sites (tertiary alicyclic amines) is 1. The molecule has 0 saturated carbocycles. The minimum atomic E-state index is -4.46. The van der Waals surface area contributed by atoms with Crippen molar-refractivity contribution >= 4 is 17.7 Å². The average molecular weight is 606 g/mol. The van der Waals surface area contributed by atoms with Gasteiger partial charge in [0.15, 0.2) is 0 Å². The summed E-state index contributed by atoms with van der Waals surface area (Å²) >= 11 is 0. The fourth-order valence-electron chi connectivity index (χ4n) is 5.72. The second kappa shape index (κ2) is 13.3. The molecule has 5 rings (SSSR count). The third-order valence-electron chi connectivity index (χ3n) is 8.02. The number of imidazole rings is 1. The zero-order valence-electron chi connectivity index (χ0n) is 24.5. The van der Waals surface area contributed by atoms with E-state index in [4.69, 9.17) is 4.74 Å². The quantitative estimate of drug-likeness (QED) is 0.215. The molecule has 1 fully saturated rings. The van der Waals surface area contributed by atoms with Crippen LogP contribution in [-0.4, -0.2) is 58.0 Å². The number of H-pyrrole nitrogens is 1. The Labute approximate surface area is 253 Å². The maximum atomic E-state index is 13.8. The Balaban J connectivity index is 1.36. The van der Waals surface area contributed by atoms with Gasteiger partial charge in [-0.1, -0.05) is 42.5 Å². The van der Waals surface area contributed by atoms with Crippen LogP contribution < -0.4 is 5.32 Å². The molecule has 0 bridgehead atoms. The number of aromatic amines is 1. The molecule has 2 N–H and O–H groups in total. The first kappa shape index (κ1) is 30.8. The van der Waals surface area contributed by atoms with Gasteiger partial charge in [0, 0.05) is 37.6 Å². The van der Waals surface area contributed by atoms with E-state index in [1.54, 1.807) is 41.4 Å². The number of aromatic nitrogens is 2. The van der Waals surface area contributed by atoms with Crippen LogP contribution in [0.25, 0.3) is 0 Å². The third-order valence-corrected chi connectivity index (χ3v) is 8.02. The Bertz CT molecular complexity index is 1550. The summed E-state index contributed by atoms with van der Waals surface area (Å²) in [5.41, 5.74) is 2.64. The van der Waals surface area contributed by atoms with E-state index in [2.05, 4.69) is 20.2 Å². The van der Waals surface area contributed by atoms with Crippen LogP contribution in [0.3, 0.4) is 0 Å². The predicted octanol–water partition coefficient (Wildman–Crippen LogP) is 6.81. The summed E-state index contributed by atoms with van der Waals surface area (Å²) in [5, 5.41) is 2.95. The normalized spacial score (nSPS) is 15.0. The lowest BCUT2D eigenvalue weighted by Gasteiger charge is -2.41. The van der Waals surface area contributed by atoms with Crippen molar-refractivity contribution in [2.75, 3.05) is 25.5 Å². The standard InChI is InChI=1S/C33H34F3N5O3/c1-22-8-9-25(18-28(22)33(34,35)36)30(29-19-37-21-38-29)40-16-14-27(15-17-40)41(20-23-6-4-3-5-7-23)32(43)39-26-12-10-24(11-13-26)31(42)44-2/h3-13,18-19,21,27,30H,14-17,20H2,1-2H3,(H,37,38)(H,39,43). The van der Waals surface area contributed by atoms with Crippen molar-refractivity contribution in [2.45, 2.75) is 44.6 Å². The number of esters is 1. The van der Waals surface area contributed by atoms with Gasteiger partial charge in [-0.2, -0.15) is 13.2 Å². The number of nitrogens with one attached hydrogen (secondary N) is 2. The molecule has 8 nitrogen and oxygen atoms in total. The number of nitrogens with zero attached hydrogens (tertiary/aromatic N) is 3. The van der Waals surface area contributed by atoms with E-state index in [0.717, 1.165) is 5.56 Å². The third kappa shape index (κ3) is 7.11. The number of benzene rings is 3. The van der Waals surface area contributed by atoms with Crippen LogP contribution in [0, 0.1) is 6.92 Å². The number of ether oxygens (including phenoxy) is 1. The number of hydrogen-bond acceptors (Lipinski definition) is 5. The van der Waals surface area contributed by atoms with E-state index >= 15 is 0 Å².